The number of amides is 1. The number of phenolic OH excluding ortho intramolecular Hbond substituents is 1. The van der Waals surface area contributed by atoms with Gasteiger partial charge in [-0.3, -0.25) is 4.79 Å². The van der Waals surface area contributed by atoms with E-state index in [0.29, 0.717) is 64.2 Å². The number of aromatic nitrogens is 2. The number of halogens is 1. The number of nitrogens with zero attached hydrogens (tertiary/aromatic N) is 5. The number of phenols is 1. The first-order valence-electron chi connectivity index (χ1n) is 14.2. The number of likely N-dealkylation sites (tertiary alicyclic amines) is 1. The minimum Gasteiger partial charge on any atom is -0.508 e. The topological polar surface area (TPSA) is 82.0 Å². The highest BCUT2D eigenvalue weighted by atomic mass is 19.1. The van der Waals surface area contributed by atoms with Crippen LogP contribution in [0, 0.1) is 5.82 Å². The molecule has 8 nitrogen and oxygen atoms in total. The molecule has 0 saturated carbocycles. The summed E-state index contributed by atoms with van der Waals surface area (Å²) in [6.45, 7) is 5.30. The first kappa shape index (κ1) is 25.8. The summed E-state index contributed by atoms with van der Waals surface area (Å²) in [7, 11) is 2.11. The van der Waals surface area contributed by atoms with E-state index in [2.05, 4.69) is 16.8 Å². The normalized spacial score (nSPS) is 20.1. The number of carbonyl (C=O) groups is 1. The summed E-state index contributed by atoms with van der Waals surface area (Å²) in [5.74, 6) is 0.0947. The second-order valence-electron chi connectivity index (χ2n) is 11.0. The Morgan fingerprint density at radius 3 is 2.59 bits per heavy atom. The van der Waals surface area contributed by atoms with Crippen LogP contribution in [-0.4, -0.2) is 65.2 Å². The van der Waals surface area contributed by atoms with Crippen LogP contribution >= 0.6 is 0 Å². The third kappa shape index (κ3) is 4.77. The first-order valence-corrected chi connectivity index (χ1v) is 14.2. The second kappa shape index (κ2) is 10.6. The van der Waals surface area contributed by atoms with Crippen LogP contribution in [0.2, 0.25) is 0 Å². The van der Waals surface area contributed by atoms with Crippen LogP contribution in [0.15, 0.2) is 24.3 Å². The van der Waals surface area contributed by atoms with Gasteiger partial charge in [0.2, 0.25) is 0 Å². The van der Waals surface area contributed by atoms with E-state index in [0.717, 1.165) is 58.2 Å². The van der Waals surface area contributed by atoms with Gasteiger partial charge >= 0.3 is 6.01 Å². The lowest BCUT2D eigenvalue weighted by molar-refractivity contribution is 0.0997. The van der Waals surface area contributed by atoms with E-state index >= 15 is 0 Å². The van der Waals surface area contributed by atoms with Crippen molar-refractivity contribution in [1.29, 1.82) is 0 Å². The molecular formula is C30H36FN5O3. The van der Waals surface area contributed by atoms with Crippen LogP contribution in [0.3, 0.4) is 0 Å². The van der Waals surface area contributed by atoms with Crippen molar-refractivity contribution >= 4 is 28.2 Å². The van der Waals surface area contributed by atoms with Crippen molar-refractivity contribution in [1.82, 2.24) is 14.9 Å². The molecule has 1 atom stereocenters. The van der Waals surface area contributed by atoms with Gasteiger partial charge in [0.15, 0.2) is 0 Å². The molecule has 1 N–H and O–H groups in total. The fourth-order valence-corrected chi connectivity index (χ4v) is 6.33. The predicted molar refractivity (Wildman–Crippen MR) is 149 cm³/mol. The number of carbonyl (C=O) groups excluding carboxylic acids is 1. The molecule has 0 spiro atoms. The Bertz CT molecular complexity index is 1410. The van der Waals surface area contributed by atoms with E-state index in [4.69, 9.17) is 14.7 Å². The fraction of sp³-hybridized carbons (Fsp3) is 0.500. The molecule has 206 valence electrons. The molecule has 39 heavy (non-hydrogen) atoms. The average molecular weight is 534 g/mol. The molecule has 0 unspecified atom stereocenters. The van der Waals surface area contributed by atoms with Gasteiger partial charge in [0.1, 0.15) is 29.6 Å². The third-order valence-electron chi connectivity index (χ3n) is 8.47. The lowest BCUT2D eigenvalue weighted by atomic mass is 9.99. The van der Waals surface area contributed by atoms with Gasteiger partial charge in [-0.1, -0.05) is 25.8 Å². The number of hydrogen-bond acceptors (Lipinski definition) is 7. The minimum atomic E-state index is -0.321. The quantitative estimate of drug-likeness (QED) is 0.475. The van der Waals surface area contributed by atoms with Crippen LogP contribution in [-0.2, 0) is 13.0 Å². The fourth-order valence-electron chi connectivity index (χ4n) is 6.33. The number of aryl methyl sites for hydroxylation is 1. The number of benzene rings is 2. The average Bonchev–Trinajstić information content (AvgIpc) is 3.36. The molecule has 9 heteroatoms. The molecule has 1 amide bonds. The van der Waals surface area contributed by atoms with Crippen molar-refractivity contribution in [3.63, 3.8) is 0 Å². The zero-order valence-electron chi connectivity index (χ0n) is 22.7. The summed E-state index contributed by atoms with van der Waals surface area (Å²) < 4.78 is 21.0. The van der Waals surface area contributed by atoms with Gasteiger partial charge in [-0.05, 0) is 68.8 Å². The van der Waals surface area contributed by atoms with Crippen LogP contribution in [0.25, 0.3) is 10.8 Å². The Labute approximate surface area is 228 Å². The number of hydrogen-bond donors (Lipinski definition) is 1. The summed E-state index contributed by atoms with van der Waals surface area (Å²) in [5, 5.41) is 11.9. The zero-order valence-corrected chi connectivity index (χ0v) is 22.7. The standard InChI is InChI=1S/C30H36FN5O3/c1-3-22-23(31)11-10-19-15-21(37)16-25(26(19)22)36-17-24-27(29(36)38)28(35-13-6-4-5-7-14-35)33-30(32-24)39-18-20-9-8-12-34(20)2/h10-11,15-16,20,37H,3-9,12-14,17-18H2,1-2H3/t20-/m1/s1. The predicted octanol–water partition coefficient (Wildman–Crippen LogP) is 5.05. The third-order valence-corrected chi connectivity index (χ3v) is 8.47. The smallest absolute Gasteiger partial charge is 0.318 e. The van der Waals surface area contributed by atoms with Gasteiger partial charge in [-0.25, -0.2) is 4.39 Å². The van der Waals surface area contributed by atoms with E-state index in [1.54, 1.807) is 23.1 Å². The molecule has 0 aliphatic carbocycles. The van der Waals surface area contributed by atoms with Crippen molar-refractivity contribution in [2.45, 2.75) is 64.5 Å². The molecule has 6 rings (SSSR count). The van der Waals surface area contributed by atoms with Crippen LogP contribution in [0.1, 0.15) is 67.1 Å². The molecule has 4 heterocycles. The Morgan fingerprint density at radius 2 is 1.87 bits per heavy atom. The summed E-state index contributed by atoms with van der Waals surface area (Å²) in [6, 6.07) is 6.84. The molecule has 3 aliphatic rings. The summed E-state index contributed by atoms with van der Waals surface area (Å²) in [4.78, 5) is 29.8. The summed E-state index contributed by atoms with van der Waals surface area (Å²) >= 11 is 0. The van der Waals surface area contributed by atoms with Gasteiger partial charge in [0.25, 0.3) is 5.91 Å². The SMILES string of the molecule is CCc1c(F)ccc2cc(O)cc(N3Cc4nc(OC[C@H]5CCCN5C)nc(N5CCCCCC5)c4C3=O)c12. The minimum absolute atomic E-state index is 0.0263. The van der Waals surface area contributed by atoms with E-state index < -0.39 is 0 Å². The highest BCUT2D eigenvalue weighted by molar-refractivity contribution is 6.16. The van der Waals surface area contributed by atoms with Gasteiger partial charge in [-0.2, -0.15) is 9.97 Å². The Morgan fingerprint density at radius 1 is 1.08 bits per heavy atom. The van der Waals surface area contributed by atoms with Crippen molar-refractivity contribution in [2.24, 2.45) is 0 Å². The number of fused-ring (bicyclic) bond motifs is 2. The molecule has 1 aromatic heterocycles. The van der Waals surface area contributed by atoms with E-state index in [1.165, 1.54) is 6.07 Å². The van der Waals surface area contributed by atoms with Crippen molar-refractivity contribution < 1.29 is 19.0 Å². The Balaban J connectivity index is 1.42. The van der Waals surface area contributed by atoms with E-state index in [9.17, 15) is 14.3 Å². The summed E-state index contributed by atoms with van der Waals surface area (Å²) in [5.41, 5.74) is 2.10. The molecule has 2 aromatic carbocycles. The molecule has 2 saturated heterocycles. The van der Waals surface area contributed by atoms with E-state index in [1.807, 2.05) is 6.92 Å². The lowest BCUT2D eigenvalue weighted by Gasteiger charge is -2.24. The van der Waals surface area contributed by atoms with Crippen molar-refractivity contribution in [3.05, 3.63) is 46.9 Å². The van der Waals surface area contributed by atoms with Crippen LogP contribution in [0.4, 0.5) is 15.9 Å². The molecule has 3 aromatic rings. The first-order chi connectivity index (χ1) is 18.9. The molecular weight excluding hydrogens is 497 g/mol. The second-order valence-corrected chi connectivity index (χ2v) is 11.0. The maximum Gasteiger partial charge on any atom is 0.318 e. The summed E-state index contributed by atoms with van der Waals surface area (Å²) in [6.07, 6.45) is 7.07. The maximum absolute atomic E-state index is 14.9. The number of rotatable bonds is 6. The van der Waals surface area contributed by atoms with Gasteiger partial charge < -0.3 is 24.5 Å². The lowest BCUT2D eigenvalue weighted by Crippen LogP contribution is -2.31. The van der Waals surface area contributed by atoms with Gasteiger partial charge in [0.05, 0.1) is 17.9 Å². The number of ether oxygens (including phenoxy) is 1. The molecule has 0 radical (unpaired) electrons. The molecule has 3 aliphatic heterocycles. The van der Waals surface area contributed by atoms with Crippen LogP contribution < -0.4 is 14.5 Å². The van der Waals surface area contributed by atoms with Crippen molar-refractivity contribution in [2.75, 3.05) is 43.1 Å². The number of anilines is 2. The Hall–Kier alpha value is -3.46. The zero-order chi connectivity index (χ0) is 27.1. The monoisotopic (exact) mass is 533 g/mol. The highest BCUT2D eigenvalue weighted by Gasteiger charge is 2.37. The number of likely N-dealkylation sites (N-methyl/N-ethyl adjacent to an activating group) is 1. The maximum atomic E-state index is 14.9. The van der Waals surface area contributed by atoms with Gasteiger partial charge in [0, 0.05) is 30.6 Å². The van der Waals surface area contributed by atoms with Crippen molar-refractivity contribution in [3.8, 4) is 11.8 Å². The highest BCUT2D eigenvalue weighted by Crippen LogP contribution is 2.41. The molecule has 2 fully saturated rings. The molecule has 0 bridgehead atoms. The van der Waals surface area contributed by atoms with E-state index in [-0.39, 0.29) is 24.0 Å². The number of aromatic hydroxyl groups is 1. The Kier molecular flexibility index (Phi) is 7.01. The van der Waals surface area contributed by atoms with Crippen LogP contribution in [0.5, 0.6) is 11.8 Å². The largest absolute Gasteiger partial charge is 0.508 e. The van der Waals surface area contributed by atoms with Gasteiger partial charge in [-0.15, -0.1) is 0 Å².